The van der Waals surface area contributed by atoms with E-state index in [1.54, 1.807) is 0 Å². The van der Waals surface area contributed by atoms with Crippen molar-refractivity contribution in [3.63, 3.8) is 0 Å². The van der Waals surface area contributed by atoms with Crippen LogP contribution in [0.25, 0.3) is 0 Å². The molecular weight excluding hydrogens is 294 g/mol. The lowest BCUT2D eigenvalue weighted by Gasteiger charge is -2.19. The van der Waals surface area contributed by atoms with E-state index in [4.69, 9.17) is 5.73 Å². The molecule has 1 aliphatic carbocycles. The Morgan fingerprint density at radius 3 is 2.82 bits per heavy atom. The van der Waals surface area contributed by atoms with Crippen LogP contribution < -0.4 is 5.73 Å². The number of nitrogens with two attached hydrogens (primary N) is 1. The highest BCUT2D eigenvalue weighted by atomic mass is 79.9. The van der Waals surface area contributed by atoms with E-state index in [1.165, 1.54) is 36.2 Å². The molecular formula is C14H18BrNS. The number of thioether (sulfide) groups is 1. The van der Waals surface area contributed by atoms with Gasteiger partial charge in [-0.15, -0.1) is 11.8 Å². The third-order valence-corrected chi connectivity index (χ3v) is 5.20. The van der Waals surface area contributed by atoms with Gasteiger partial charge in [-0.25, -0.2) is 0 Å². The molecule has 0 aromatic heterocycles. The van der Waals surface area contributed by atoms with Crippen LogP contribution in [0.3, 0.4) is 0 Å². The zero-order chi connectivity index (χ0) is 12.1. The molecule has 0 radical (unpaired) electrons. The molecule has 0 fully saturated rings. The number of allylic oxidation sites excluding steroid dienone is 1. The van der Waals surface area contributed by atoms with Crippen molar-refractivity contribution < 1.29 is 0 Å². The van der Waals surface area contributed by atoms with Crippen molar-refractivity contribution in [3.8, 4) is 0 Å². The molecule has 1 nitrogen and oxygen atoms in total. The zero-order valence-electron chi connectivity index (χ0n) is 9.86. The van der Waals surface area contributed by atoms with Crippen LogP contribution in [0.1, 0.15) is 25.7 Å². The molecule has 2 N–H and O–H groups in total. The summed E-state index contributed by atoms with van der Waals surface area (Å²) in [7, 11) is 0. The van der Waals surface area contributed by atoms with Crippen LogP contribution in [-0.4, -0.2) is 11.8 Å². The summed E-state index contributed by atoms with van der Waals surface area (Å²) in [5, 5.41) is 0. The maximum absolute atomic E-state index is 6.24. The monoisotopic (exact) mass is 311 g/mol. The van der Waals surface area contributed by atoms with E-state index in [9.17, 15) is 0 Å². The Kier molecular flexibility index (Phi) is 5.14. The Morgan fingerprint density at radius 2 is 2.12 bits per heavy atom. The van der Waals surface area contributed by atoms with Crippen molar-refractivity contribution in [2.75, 3.05) is 5.75 Å². The Morgan fingerprint density at radius 1 is 1.29 bits per heavy atom. The fourth-order valence-corrected chi connectivity index (χ4v) is 3.63. The van der Waals surface area contributed by atoms with Crippen molar-refractivity contribution in [2.24, 2.45) is 5.73 Å². The third kappa shape index (κ3) is 3.87. The normalized spacial score (nSPS) is 17.6. The SMILES string of the molecule is NC(CSc1ccccc1Br)C1=CCCCC1. The minimum absolute atomic E-state index is 0.215. The average molecular weight is 312 g/mol. The van der Waals surface area contributed by atoms with Gasteiger partial charge in [0.05, 0.1) is 0 Å². The van der Waals surface area contributed by atoms with Crippen molar-refractivity contribution in [3.05, 3.63) is 40.4 Å². The molecule has 1 aromatic rings. The summed E-state index contributed by atoms with van der Waals surface area (Å²) in [5.41, 5.74) is 7.70. The Labute approximate surface area is 116 Å². The Balaban J connectivity index is 1.89. The van der Waals surface area contributed by atoms with E-state index in [1.807, 2.05) is 17.8 Å². The van der Waals surface area contributed by atoms with Crippen molar-refractivity contribution >= 4 is 27.7 Å². The second-order valence-corrected chi connectivity index (χ2v) is 6.29. The Hall–Kier alpha value is -0.250. The predicted molar refractivity (Wildman–Crippen MR) is 79.4 cm³/mol. The average Bonchev–Trinajstić information content (AvgIpc) is 2.38. The lowest BCUT2D eigenvalue weighted by molar-refractivity contribution is 0.656. The van der Waals surface area contributed by atoms with Gasteiger partial charge in [0.1, 0.15) is 0 Å². The van der Waals surface area contributed by atoms with Crippen LogP contribution in [-0.2, 0) is 0 Å². The highest BCUT2D eigenvalue weighted by Gasteiger charge is 2.12. The molecule has 3 heteroatoms. The van der Waals surface area contributed by atoms with Gasteiger partial charge >= 0.3 is 0 Å². The van der Waals surface area contributed by atoms with Gasteiger partial charge < -0.3 is 5.73 Å². The molecule has 1 aromatic carbocycles. The lowest BCUT2D eigenvalue weighted by Crippen LogP contribution is -2.26. The van der Waals surface area contributed by atoms with Gasteiger partial charge in [0.2, 0.25) is 0 Å². The van der Waals surface area contributed by atoms with Gasteiger partial charge in [-0.2, -0.15) is 0 Å². The van der Waals surface area contributed by atoms with E-state index in [0.717, 1.165) is 10.2 Å². The molecule has 2 rings (SSSR count). The first-order chi connectivity index (χ1) is 8.27. The summed E-state index contributed by atoms with van der Waals surface area (Å²) in [6, 6.07) is 8.54. The van der Waals surface area contributed by atoms with Crippen molar-refractivity contribution in [2.45, 2.75) is 36.6 Å². The van der Waals surface area contributed by atoms with E-state index in [-0.39, 0.29) is 6.04 Å². The summed E-state index contributed by atoms with van der Waals surface area (Å²) in [4.78, 5) is 1.28. The number of halogens is 1. The van der Waals surface area contributed by atoms with Crippen molar-refractivity contribution in [1.29, 1.82) is 0 Å². The predicted octanol–water partition coefficient (Wildman–Crippen LogP) is 4.37. The second-order valence-electron chi connectivity index (χ2n) is 4.37. The first kappa shape index (κ1) is 13.2. The summed E-state index contributed by atoms with van der Waals surface area (Å²) in [6.07, 6.45) is 7.38. The molecule has 1 aliphatic rings. The van der Waals surface area contributed by atoms with E-state index in [2.05, 4.69) is 40.2 Å². The van der Waals surface area contributed by atoms with Gasteiger partial charge in [0.15, 0.2) is 0 Å². The van der Waals surface area contributed by atoms with Crippen molar-refractivity contribution in [1.82, 2.24) is 0 Å². The quantitative estimate of drug-likeness (QED) is 0.660. The lowest BCUT2D eigenvalue weighted by atomic mass is 9.95. The first-order valence-corrected chi connectivity index (χ1v) is 7.87. The molecule has 1 unspecified atom stereocenters. The maximum atomic E-state index is 6.24. The Bertz CT molecular complexity index is 403. The molecule has 0 heterocycles. The van der Waals surface area contributed by atoms with Gasteiger partial charge in [-0.05, 0) is 53.7 Å². The summed E-state index contributed by atoms with van der Waals surface area (Å²) >= 11 is 5.40. The third-order valence-electron chi connectivity index (χ3n) is 3.06. The van der Waals surface area contributed by atoms with Crippen LogP contribution in [0.5, 0.6) is 0 Å². The fraction of sp³-hybridized carbons (Fsp3) is 0.429. The molecule has 0 spiro atoms. The molecule has 0 saturated heterocycles. The summed E-state index contributed by atoms with van der Waals surface area (Å²) in [5.74, 6) is 0.967. The number of hydrogen-bond acceptors (Lipinski definition) is 2. The van der Waals surface area contributed by atoms with Gasteiger partial charge in [-0.3, -0.25) is 0 Å². The van der Waals surface area contributed by atoms with E-state index >= 15 is 0 Å². The standard InChI is InChI=1S/C14H18BrNS/c15-12-8-4-5-9-14(12)17-10-13(16)11-6-2-1-3-7-11/h4-6,8-9,13H,1-3,7,10,16H2. The smallest absolute Gasteiger partial charge is 0.0349 e. The molecule has 0 aliphatic heterocycles. The minimum Gasteiger partial charge on any atom is -0.324 e. The zero-order valence-corrected chi connectivity index (χ0v) is 12.3. The molecule has 17 heavy (non-hydrogen) atoms. The van der Waals surface area contributed by atoms with Crippen LogP contribution in [0, 0.1) is 0 Å². The van der Waals surface area contributed by atoms with E-state index in [0.29, 0.717) is 0 Å². The first-order valence-electron chi connectivity index (χ1n) is 6.09. The largest absolute Gasteiger partial charge is 0.324 e. The van der Waals surface area contributed by atoms with Crippen LogP contribution in [0.4, 0.5) is 0 Å². The summed E-state index contributed by atoms with van der Waals surface area (Å²) in [6.45, 7) is 0. The highest BCUT2D eigenvalue weighted by Crippen LogP contribution is 2.29. The van der Waals surface area contributed by atoms with Crippen LogP contribution in [0.2, 0.25) is 0 Å². The molecule has 0 amide bonds. The number of rotatable bonds is 4. The van der Waals surface area contributed by atoms with Gasteiger partial charge in [0.25, 0.3) is 0 Å². The van der Waals surface area contributed by atoms with Gasteiger partial charge in [0, 0.05) is 21.2 Å². The highest BCUT2D eigenvalue weighted by molar-refractivity contribution is 9.10. The second kappa shape index (κ2) is 6.62. The van der Waals surface area contributed by atoms with Gasteiger partial charge in [-0.1, -0.05) is 23.8 Å². The van der Waals surface area contributed by atoms with E-state index < -0.39 is 0 Å². The van der Waals surface area contributed by atoms with Crippen LogP contribution in [0.15, 0.2) is 45.3 Å². The minimum atomic E-state index is 0.215. The topological polar surface area (TPSA) is 26.0 Å². The molecule has 0 bridgehead atoms. The summed E-state index contributed by atoms with van der Waals surface area (Å²) < 4.78 is 1.16. The molecule has 92 valence electrons. The molecule has 1 atom stereocenters. The fourth-order valence-electron chi connectivity index (χ4n) is 2.05. The number of hydrogen-bond donors (Lipinski definition) is 1. The van der Waals surface area contributed by atoms with Crippen LogP contribution >= 0.6 is 27.7 Å². The molecule has 0 saturated carbocycles. The maximum Gasteiger partial charge on any atom is 0.0349 e. The number of benzene rings is 1.